The van der Waals surface area contributed by atoms with Crippen LogP contribution in [-0.4, -0.2) is 38.0 Å². The summed E-state index contributed by atoms with van der Waals surface area (Å²) < 4.78 is 27.7. The van der Waals surface area contributed by atoms with E-state index in [0.717, 1.165) is 6.08 Å². The SMILES string of the molecule is COC(=O)/C=C/N(C)CC(F)F. The summed E-state index contributed by atoms with van der Waals surface area (Å²) in [6.07, 6.45) is -0.0716. The number of rotatable bonds is 4. The molecule has 5 heteroatoms. The number of hydrogen-bond acceptors (Lipinski definition) is 3. The molecule has 0 radical (unpaired) electrons. The van der Waals surface area contributed by atoms with E-state index in [1.54, 1.807) is 0 Å². The summed E-state index contributed by atoms with van der Waals surface area (Å²) in [5.41, 5.74) is 0. The van der Waals surface area contributed by atoms with Gasteiger partial charge in [0.25, 0.3) is 6.43 Å². The largest absolute Gasteiger partial charge is 0.466 e. The molecule has 12 heavy (non-hydrogen) atoms. The third kappa shape index (κ3) is 5.64. The molecule has 3 nitrogen and oxygen atoms in total. The van der Waals surface area contributed by atoms with Gasteiger partial charge in [-0.1, -0.05) is 0 Å². The van der Waals surface area contributed by atoms with Gasteiger partial charge in [0.1, 0.15) is 0 Å². The third-order valence-electron chi connectivity index (χ3n) is 1.09. The van der Waals surface area contributed by atoms with E-state index in [2.05, 4.69) is 4.74 Å². The van der Waals surface area contributed by atoms with E-state index < -0.39 is 18.9 Å². The predicted octanol–water partition coefficient (Wildman–Crippen LogP) is 0.870. The van der Waals surface area contributed by atoms with Gasteiger partial charge in [-0.3, -0.25) is 0 Å². The van der Waals surface area contributed by atoms with Crippen molar-refractivity contribution in [1.29, 1.82) is 0 Å². The number of ether oxygens (including phenoxy) is 1. The van der Waals surface area contributed by atoms with Gasteiger partial charge in [-0.05, 0) is 0 Å². The van der Waals surface area contributed by atoms with Gasteiger partial charge < -0.3 is 9.64 Å². The molecule has 0 saturated heterocycles. The highest BCUT2D eigenvalue weighted by Crippen LogP contribution is 1.95. The van der Waals surface area contributed by atoms with Crippen LogP contribution in [0, 0.1) is 0 Å². The Morgan fingerprint density at radius 3 is 2.67 bits per heavy atom. The molecule has 0 N–H and O–H groups in total. The molecule has 70 valence electrons. The van der Waals surface area contributed by atoms with Crippen LogP contribution in [-0.2, 0) is 9.53 Å². The maximum Gasteiger partial charge on any atom is 0.331 e. The number of alkyl halides is 2. The molecule has 0 rings (SSSR count). The van der Waals surface area contributed by atoms with Gasteiger partial charge in [-0.15, -0.1) is 0 Å². The normalized spacial score (nSPS) is 10.8. The summed E-state index contributed by atoms with van der Waals surface area (Å²) in [6, 6.07) is 0. The van der Waals surface area contributed by atoms with Gasteiger partial charge in [0.15, 0.2) is 0 Å². The monoisotopic (exact) mass is 179 g/mol. The van der Waals surface area contributed by atoms with Crippen LogP contribution in [0.2, 0.25) is 0 Å². The van der Waals surface area contributed by atoms with E-state index >= 15 is 0 Å². The van der Waals surface area contributed by atoms with Gasteiger partial charge in [0.2, 0.25) is 0 Å². The van der Waals surface area contributed by atoms with Crippen LogP contribution in [0.4, 0.5) is 8.78 Å². The van der Waals surface area contributed by atoms with Crippen molar-refractivity contribution in [3.63, 3.8) is 0 Å². The zero-order valence-electron chi connectivity index (χ0n) is 6.96. The summed E-state index contributed by atoms with van der Waals surface area (Å²) in [4.78, 5) is 11.7. The van der Waals surface area contributed by atoms with Gasteiger partial charge in [0, 0.05) is 19.3 Å². The first-order valence-corrected chi connectivity index (χ1v) is 3.30. The fourth-order valence-corrected chi connectivity index (χ4v) is 0.535. The minimum Gasteiger partial charge on any atom is -0.466 e. The zero-order chi connectivity index (χ0) is 9.56. The van der Waals surface area contributed by atoms with Crippen molar-refractivity contribution in [2.45, 2.75) is 6.43 Å². The van der Waals surface area contributed by atoms with Gasteiger partial charge >= 0.3 is 5.97 Å². The first-order chi connectivity index (χ1) is 5.56. The Bertz CT molecular complexity index is 171. The average Bonchev–Trinajstić information content (AvgIpc) is 1.99. The Morgan fingerprint density at radius 1 is 1.67 bits per heavy atom. The Balaban J connectivity index is 3.74. The van der Waals surface area contributed by atoms with E-state index in [1.807, 2.05) is 0 Å². The second kappa shape index (κ2) is 5.51. The van der Waals surface area contributed by atoms with Crippen molar-refractivity contribution in [1.82, 2.24) is 4.90 Å². The van der Waals surface area contributed by atoms with E-state index in [-0.39, 0.29) is 0 Å². The molecule has 0 aliphatic heterocycles. The minimum atomic E-state index is -2.41. The zero-order valence-corrected chi connectivity index (χ0v) is 6.96. The first kappa shape index (κ1) is 10.9. The van der Waals surface area contributed by atoms with Crippen LogP contribution in [0.1, 0.15) is 0 Å². The lowest BCUT2D eigenvalue weighted by Gasteiger charge is -2.11. The van der Waals surface area contributed by atoms with E-state index in [0.29, 0.717) is 0 Å². The van der Waals surface area contributed by atoms with Crippen LogP contribution < -0.4 is 0 Å². The Morgan fingerprint density at radius 2 is 2.25 bits per heavy atom. The first-order valence-electron chi connectivity index (χ1n) is 3.30. The van der Waals surface area contributed by atoms with Crippen molar-refractivity contribution in [2.75, 3.05) is 20.7 Å². The summed E-state index contributed by atoms with van der Waals surface area (Å²) in [7, 11) is 2.67. The maximum atomic E-state index is 11.7. The van der Waals surface area contributed by atoms with Gasteiger partial charge in [-0.2, -0.15) is 0 Å². The number of esters is 1. The number of nitrogens with zero attached hydrogens (tertiary/aromatic N) is 1. The van der Waals surface area contributed by atoms with Crippen LogP contribution in [0.3, 0.4) is 0 Å². The minimum absolute atomic E-state index is 0.395. The second-order valence-corrected chi connectivity index (χ2v) is 2.17. The Kier molecular flexibility index (Phi) is 4.99. The molecule has 0 heterocycles. The van der Waals surface area contributed by atoms with Crippen LogP contribution in [0.25, 0.3) is 0 Å². The number of halogens is 2. The van der Waals surface area contributed by atoms with Crippen molar-refractivity contribution >= 4 is 5.97 Å². The number of carbonyl (C=O) groups is 1. The standard InChI is InChI=1S/C7H11F2NO2/c1-10(5-6(8)9)4-3-7(11)12-2/h3-4,6H,5H2,1-2H3/b4-3+. The maximum absolute atomic E-state index is 11.7. The van der Waals surface area contributed by atoms with Crippen LogP contribution >= 0.6 is 0 Å². The molecule has 0 aromatic carbocycles. The Hall–Kier alpha value is -1.13. The van der Waals surface area contributed by atoms with Crippen molar-refractivity contribution < 1.29 is 18.3 Å². The van der Waals surface area contributed by atoms with Gasteiger partial charge in [0.05, 0.1) is 13.7 Å². The second-order valence-electron chi connectivity index (χ2n) is 2.17. The van der Waals surface area contributed by atoms with Crippen molar-refractivity contribution in [3.8, 4) is 0 Å². The highest BCUT2D eigenvalue weighted by Gasteiger charge is 2.03. The molecular weight excluding hydrogens is 168 g/mol. The fraction of sp³-hybridized carbons (Fsp3) is 0.571. The number of methoxy groups -OCH3 is 1. The lowest BCUT2D eigenvalue weighted by Crippen LogP contribution is -2.19. The van der Waals surface area contributed by atoms with Crippen molar-refractivity contribution in [3.05, 3.63) is 12.3 Å². The molecule has 0 aromatic rings. The molecule has 0 bridgehead atoms. The number of carbonyl (C=O) groups excluding carboxylic acids is 1. The quantitative estimate of drug-likeness (QED) is 0.473. The third-order valence-corrected chi connectivity index (χ3v) is 1.09. The lowest BCUT2D eigenvalue weighted by atomic mass is 10.5. The molecule has 0 amide bonds. The Labute approximate surface area is 69.6 Å². The number of hydrogen-bond donors (Lipinski definition) is 0. The van der Waals surface area contributed by atoms with E-state index in [4.69, 9.17) is 0 Å². The summed E-state index contributed by atoms with van der Waals surface area (Å²) >= 11 is 0. The molecule has 0 unspecified atom stereocenters. The van der Waals surface area contributed by atoms with E-state index in [9.17, 15) is 13.6 Å². The molecule has 0 aliphatic rings. The molecule has 0 aromatic heterocycles. The van der Waals surface area contributed by atoms with Gasteiger partial charge in [-0.25, -0.2) is 13.6 Å². The topological polar surface area (TPSA) is 29.5 Å². The molecule has 0 spiro atoms. The molecule has 0 fully saturated rings. The molecule has 0 aliphatic carbocycles. The van der Waals surface area contributed by atoms with Crippen molar-refractivity contribution in [2.24, 2.45) is 0 Å². The van der Waals surface area contributed by atoms with E-state index in [1.165, 1.54) is 25.3 Å². The summed E-state index contributed by atoms with van der Waals surface area (Å²) in [5, 5.41) is 0. The fourth-order valence-electron chi connectivity index (χ4n) is 0.535. The smallest absolute Gasteiger partial charge is 0.331 e. The lowest BCUT2D eigenvalue weighted by molar-refractivity contribution is -0.134. The highest BCUT2D eigenvalue weighted by molar-refractivity contribution is 5.81. The average molecular weight is 179 g/mol. The molecule has 0 saturated carbocycles. The highest BCUT2D eigenvalue weighted by atomic mass is 19.3. The summed E-state index contributed by atoms with van der Waals surface area (Å²) in [5.74, 6) is -0.559. The molecular formula is C7H11F2NO2. The van der Waals surface area contributed by atoms with Crippen LogP contribution in [0.5, 0.6) is 0 Å². The molecule has 0 atom stereocenters. The summed E-state index contributed by atoms with van der Waals surface area (Å²) in [6.45, 7) is -0.395. The van der Waals surface area contributed by atoms with Crippen LogP contribution in [0.15, 0.2) is 12.3 Å². The predicted molar refractivity (Wildman–Crippen MR) is 39.8 cm³/mol.